The molecule has 0 saturated heterocycles. The third-order valence-corrected chi connectivity index (χ3v) is 5.03. The van der Waals surface area contributed by atoms with Crippen molar-refractivity contribution in [2.45, 2.75) is 96.8 Å². The zero-order chi connectivity index (χ0) is 19.1. The summed E-state index contributed by atoms with van der Waals surface area (Å²) in [6.45, 7) is 6.23. The van der Waals surface area contributed by atoms with Crippen LogP contribution in [0.3, 0.4) is 0 Å². The average Bonchev–Trinajstić information content (AvgIpc) is 2.65. The summed E-state index contributed by atoms with van der Waals surface area (Å²) in [7, 11) is 0. The van der Waals surface area contributed by atoms with E-state index in [4.69, 9.17) is 14.9 Å². The van der Waals surface area contributed by atoms with Crippen molar-refractivity contribution in [1.82, 2.24) is 4.90 Å². The molecule has 4 nitrogen and oxygen atoms in total. The van der Waals surface area contributed by atoms with E-state index in [0.29, 0.717) is 13.2 Å². The highest BCUT2D eigenvalue weighted by Gasteiger charge is 2.04. The number of hydrogen-bond donors (Lipinski definition) is 2. The largest absolute Gasteiger partial charge is 0.395 e. The summed E-state index contributed by atoms with van der Waals surface area (Å²) in [5.41, 5.74) is 0. The highest BCUT2D eigenvalue weighted by atomic mass is 16.5. The molecule has 0 aromatic heterocycles. The fourth-order valence-electron chi connectivity index (χ4n) is 3.37. The molecule has 26 heavy (non-hydrogen) atoms. The summed E-state index contributed by atoms with van der Waals surface area (Å²) in [6, 6.07) is 0. The van der Waals surface area contributed by atoms with Crippen molar-refractivity contribution in [2.24, 2.45) is 0 Å². The third kappa shape index (κ3) is 20.2. The van der Waals surface area contributed by atoms with Crippen LogP contribution >= 0.6 is 0 Å². The van der Waals surface area contributed by atoms with Gasteiger partial charge in [0.25, 0.3) is 0 Å². The molecule has 0 amide bonds. The Morgan fingerprint density at radius 2 is 1.04 bits per heavy atom. The molecule has 0 bridgehead atoms. The molecular weight excluding hydrogens is 326 g/mol. The number of aliphatic hydroxyl groups is 2. The van der Waals surface area contributed by atoms with Crippen LogP contribution in [-0.4, -0.2) is 61.2 Å². The molecule has 0 atom stereocenters. The molecule has 0 rings (SSSR count). The van der Waals surface area contributed by atoms with Gasteiger partial charge in [0.05, 0.1) is 26.4 Å². The first-order valence-electron chi connectivity index (χ1n) is 11.4. The van der Waals surface area contributed by atoms with E-state index in [1.165, 1.54) is 89.9 Å². The maximum Gasteiger partial charge on any atom is 0.0698 e. The van der Waals surface area contributed by atoms with E-state index >= 15 is 0 Å². The van der Waals surface area contributed by atoms with Crippen molar-refractivity contribution < 1.29 is 14.9 Å². The van der Waals surface area contributed by atoms with Crippen LogP contribution in [0.4, 0.5) is 0 Å². The second kappa shape index (κ2) is 22.9. The SMILES string of the molecule is CCCCCCCCCCCCCCCCN(CCO)CCOCCO. The van der Waals surface area contributed by atoms with Crippen LogP contribution in [0.1, 0.15) is 96.8 Å². The highest BCUT2D eigenvalue weighted by Crippen LogP contribution is 2.13. The van der Waals surface area contributed by atoms with Gasteiger partial charge in [-0.2, -0.15) is 0 Å². The summed E-state index contributed by atoms with van der Waals surface area (Å²) in [4.78, 5) is 2.26. The van der Waals surface area contributed by atoms with Crippen LogP contribution in [0.5, 0.6) is 0 Å². The van der Waals surface area contributed by atoms with Crippen LogP contribution in [0.25, 0.3) is 0 Å². The summed E-state index contributed by atoms with van der Waals surface area (Å²) in [5.74, 6) is 0. The quantitative estimate of drug-likeness (QED) is 0.268. The van der Waals surface area contributed by atoms with E-state index in [0.717, 1.165) is 19.6 Å². The van der Waals surface area contributed by atoms with Crippen molar-refractivity contribution in [3.8, 4) is 0 Å². The molecular formula is C22H47NO3. The minimum atomic E-state index is 0.0823. The first-order valence-corrected chi connectivity index (χ1v) is 11.4. The zero-order valence-corrected chi connectivity index (χ0v) is 17.6. The Kier molecular flexibility index (Phi) is 22.7. The van der Waals surface area contributed by atoms with Crippen LogP contribution < -0.4 is 0 Å². The monoisotopic (exact) mass is 373 g/mol. The fourth-order valence-corrected chi connectivity index (χ4v) is 3.37. The van der Waals surface area contributed by atoms with Gasteiger partial charge in [-0.25, -0.2) is 0 Å². The van der Waals surface area contributed by atoms with Crippen molar-refractivity contribution in [3.63, 3.8) is 0 Å². The normalized spacial score (nSPS) is 11.5. The molecule has 4 heteroatoms. The first-order chi connectivity index (χ1) is 12.8. The average molecular weight is 374 g/mol. The van der Waals surface area contributed by atoms with E-state index in [1.54, 1.807) is 0 Å². The molecule has 0 aliphatic rings. The van der Waals surface area contributed by atoms with Gasteiger partial charge in [-0.3, -0.25) is 4.90 Å². The van der Waals surface area contributed by atoms with Gasteiger partial charge in [-0.1, -0.05) is 90.4 Å². The predicted octanol–water partition coefficient (Wildman–Crippen LogP) is 4.77. The van der Waals surface area contributed by atoms with Gasteiger partial charge < -0.3 is 14.9 Å². The highest BCUT2D eigenvalue weighted by molar-refractivity contribution is 4.58. The van der Waals surface area contributed by atoms with E-state index in [9.17, 15) is 0 Å². The Hall–Kier alpha value is -0.160. The van der Waals surface area contributed by atoms with Gasteiger partial charge in [0.1, 0.15) is 0 Å². The molecule has 0 aliphatic heterocycles. The minimum Gasteiger partial charge on any atom is -0.395 e. The molecule has 0 spiro atoms. The standard InChI is InChI=1S/C22H47NO3/c1-2-3-4-5-6-7-8-9-10-11-12-13-14-15-16-23(17-19-24)18-21-26-22-20-25/h24-25H,2-22H2,1H3. The van der Waals surface area contributed by atoms with Gasteiger partial charge in [0, 0.05) is 13.1 Å². The zero-order valence-electron chi connectivity index (χ0n) is 17.6. The van der Waals surface area contributed by atoms with Gasteiger partial charge in [0.15, 0.2) is 0 Å². The van der Waals surface area contributed by atoms with Gasteiger partial charge in [-0.05, 0) is 13.0 Å². The topological polar surface area (TPSA) is 52.9 Å². The molecule has 0 aromatic carbocycles. The van der Waals surface area contributed by atoms with Crippen LogP contribution in [0.15, 0.2) is 0 Å². The Balaban J connectivity index is 3.29. The fraction of sp³-hybridized carbons (Fsp3) is 1.00. The van der Waals surface area contributed by atoms with Crippen molar-refractivity contribution in [1.29, 1.82) is 0 Å². The van der Waals surface area contributed by atoms with Gasteiger partial charge >= 0.3 is 0 Å². The summed E-state index contributed by atoms with van der Waals surface area (Å²) < 4.78 is 5.31. The summed E-state index contributed by atoms with van der Waals surface area (Å²) in [5, 5.41) is 17.8. The molecule has 0 aromatic rings. The van der Waals surface area contributed by atoms with E-state index in [1.807, 2.05) is 0 Å². The number of nitrogens with zero attached hydrogens (tertiary/aromatic N) is 1. The predicted molar refractivity (Wildman–Crippen MR) is 112 cm³/mol. The smallest absolute Gasteiger partial charge is 0.0698 e. The molecule has 2 N–H and O–H groups in total. The lowest BCUT2D eigenvalue weighted by Gasteiger charge is -2.21. The minimum absolute atomic E-state index is 0.0823. The Morgan fingerprint density at radius 3 is 1.50 bits per heavy atom. The second-order valence-electron chi connectivity index (χ2n) is 7.50. The van der Waals surface area contributed by atoms with E-state index in [-0.39, 0.29) is 13.2 Å². The lowest BCUT2D eigenvalue weighted by Crippen LogP contribution is -2.31. The number of unbranched alkanes of at least 4 members (excludes halogenated alkanes) is 13. The Labute approximate surface area is 163 Å². The number of aliphatic hydroxyl groups excluding tert-OH is 2. The summed E-state index contributed by atoms with van der Waals surface area (Å²) in [6.07, 6.45) is 19.4. The van der Waals surface area contributed by atoms with Crippen molar-refractivity contribution in [3.05, 3.63) is 0 Å². The first kappa shape index (κ1) is 25.8. The number of rotatable bonds is 22. The van der Waals surface area contributed by atoms with Crippen LogP contribution in [0.2, 0.25) is 0 Å². The van der Waals surface area contributed by atoms with Crippen molar-refractivity contribution in [2.75, 3.05) is 46.1 Å². The van der Waals surface area contributed by atoms with Gasteiger partial charge in [-0.15, -0.1) is 0 Å². The van der Waals surface area contributed by atoms with Crippen LogP contribution in [0, 0.1) is 0 Å². The lowest BCUT2D eigenvalue weighted by molar-refractivity contribution is 0.0689. The van der Waals surface area contributed by atoms with E-state index in [2.05, 4.69) is 11.8 Å². The molecule has 0 saturated carbocycles. The molecule has 0 unspecified atom stereocenters. The second-order valence-corrected chi connectivity index (χ2v) is 7.50. The maximum atomic E-state index is 9.13. The number of hydrogen-bond acceptors (Lipinski definition) is 4. The number of ether oxygens (including phenoxy) is 1. The molecule has 0 heterocycles. The molecule has 0 radical (unpaired) electrons. The van der Waals surface area contributed by atoms with Crippen LogP contribution in [-0.2, 0) is 4.74 Å². The van der Waals surface area contributed by atoms with Crippen molar-refractivity contribution >= 4 is 0 Å². The molecule has 158 valence electrons. The van der Waals surface area contributed by atoms with Gasteiger partial charge in [0.2, 0.25) is 0 Å². The summed E-state index contributed by atoms with van der Waals surface area (Å²) >= 11 is 0. The third-order valence-electron chi connectivity index (χ3n) is 5.03. The Morgan fingerprint density at radius 1 is 0.538 bits per heavy atom. The Bertz CT molecular complexity index is 252. The lowest BCUT2D eigenvalue weighted by atomic mass is 10.0. The molecule has 0 fully saturated rings. The van der Waals surface area contributed by atoms with E-state index < -0.39 is 0 Å². The maximum absolute atomic E-state index is 9.13. The molecule has 0 aliphatic carbocycles.